The molecule has 1 N–H and O–H groups in total. The molecule has 8 heteroatoms. The lowest BCUT2D eigenvalue weighted by Crippen LogP contribution is -2.48. The maximum Gasteiger partial charge on any atom is 0.226 e. The largest absolute Gasteiger partial charge is 0.492 e. The van der Waals surface area contributed by atoms with Crippen LogP contribution in [0.4, 0.5) is 5.82 Å². The van der Waals surface area contributed by atoms with Crippen LogP contribution in [0.15, 0.2) is 34.9 Å². The first-order valence-electron chi connectivity index (χ1n) is 9.15. The van der Waals surface area contributed by atoms with Crippen LogP contribution in [0.3, 0.4) is 0 Å². The molecule has 0 radical (unpaired) electrons. The van der Waals surface area contributed by atoms with Crippen LogP contribution < -0.4 is 10.1 Å². The first-order valence-corrected chi connectivity index (χ1v) is 9.52. The zero-order valence-corrected chi connectivity index (χ0v) is 16.2. The first-order chi connectivity index (χ1) is 13.1. The predicted octanol–water partition coefficient (Wildman–Crippen LogP) is 2.66. The molecule has 1 aliphatic heterocycles. The summed E-state index contributed by atoms with van der Waals surface area (Å²) >= 11 is 5.87. The molecule has 0 unspecified atom stereocenters. The van der Waals surface area contributed by atoms with Crippen molar-refractivity contribution in [1.82, 2.24) is 15.0 Å². The molecule has 2 heterocycles. The number of nitrogens with zero attached hydrogens (tertiary/aromatic N) is 3. The van der Waals surface area contributed by atoms with Crippen LogP contribution >= 0.6 is 11.6 Å². The van der Waals surface area contributed by atoms with Crippen LogP contribution in [0.1, 0.15) is 12.2 Å². The van der Waals surface area contributed by atoms with Crippen molar-refractivity contribution in [3.8, 4) is 5.75 Å². The van der Waals surface area contributed by atoms with E-state index in [9.17, 15) is 4.79 Å². The second-order valence-corrected chi connectivity index (χ2v) is 7.04. The number of anilines is 1. The van der Waals surface area contributed by atoms with Gasteiger partial charge in [-0.25, -0.2) is 0 Å². The summed E-state index contributed by atoms with van der Waals surface area (Å²) in [7, 11) is 0. The van der Waals surface area contributed by atoms with Gasteiger partial charge in [0.15, 0.2) is 5.82 Å². The number of hydrogen-bond acceptors (Lipinski definition) is 6. The van der Waals surface area contributed by atoms with Gasteiger partial charge in [-0.1, -0.05) is 16.8 Å². The fraction of sp³-hybridized carbons (Fsp3) is 0.474. The number of nitrogens with one attached hydrogen (secondary N) is 1. The highest BCUT2D eigenvalue weighted by molar-refractivity contribution is 6.30. The SMILES string of the molecule is Cc1cc(NC(=O)CCN2CCN(CCOc3ccc(Cl)cc3)CC2)no1. The van der Waals surface area contributed by atoms with E-state index in [1.165, 1.54) is 0 Å². The highest BCUT2D eigenvalue weighted by Crippen LogP contribution is 2.15. The Kier molecular flexibility index (Phi) is 7.09. The monoisotopic (exact) mass is 392 g/mol. The third kappa shape index (κ3) is 6.53. The highest BCUT2D eigenvalue weighted by Gasteiger charge is 2.17. The van der Waals surface area contributed by atoms with Crippen LogP contribution in [0.25, 0.3) is 0 Å². The number of amides is 1. The van der Waals surface area contributed by atoms with E-state index in [4.69, 9.17) is 20.9 Å². The number of aryl methyl sites for hydroxylation is 1. The van der Waals surface area contributed by atoms with E-state index in [1.54, 1.807) is 13.0 Å². The predicted molar refractivity (Wildman–Crippen MR) is 104 cm³/mol. The average Bonchev–Trinajstić information content (AvgIpc) is 3.07. The Balaban J connectivity index is 1.28. The molecular formula is C19H25ClN4O3. The molecule has 27 heavy (non-hydrogen) atoms. The van der Waals surface area contributed by atoms with Gasteiger partial charge >= 0.3 is 0 Å². The van der Waals surface area contributed by atoms with Crippen LogP contribution in [-0.2, 0) is 4.79 Å². The molecule has 1 aromatic heterocycles. The molecule has 7 nitrogen and oxygen atoms in total. The first kappa shape index (κ1) is 19.7. The smallest absolute Gasteiger partial charge is 0.226 e. The molecule has 146 valence electrons. The molecule has 1 aromatic carbocycles. The van der Waals surface area contributed by atoms with E-state index in [0.717, 1.165) is 45.0 Å². The lowest BCUT2D eigenvalue weighted by molar-refractivity contribution is -0.116. The fourth-order valence-electron chi connectivity index (χ4n) is 2.95. The van der Waals surface area contributed by atoms with Gasteiger partial charge in [-0.15, -0.1) is 0 Å². The molecule has 1 saturated heterocycles. The number of carbonyl (C=O) groups excluding carboxylic acids is 1. The van der Waals surface area contributed by atoms with Crippen molar-refractivity contribution >= 4 is 23.3 Å². The second-order valence-electron chi connectivity index (χ2n) is 6.61. The average molecular weight is 393 g/mol. The van der Waals surface area contributed by atoms with Gasteiger partial charge in [0.1, 0.15) is 18.1 Å². The summed E-state index contributed by atoms with van der Waals surface area (Å²) in [6.45, 7) is 7.96. The quantitative estimate of drug-likeness (QED) is 0.744. The van der Waals surface area contributed by atoms with E-state index in [-0.39, 0.29) is 5.91 Å². The van der Waals surface area contributed by atoms with E-state index in [1.807, 2.05) is 24.3 Å². The summed E-state index contributed by atoms with van der Waals surface area (Å²) in [6, 6.07) is 9.13. The summed E-state index contributed by atoms with van der Waals surface area (Å²) in [5.74, 6) is 1.96. The second kappa shape index (κ2) is 9.73. The maximum atomic E-state index is 12.0. The van der Waals surface area contributed by atoms with Crippen molar-refractivity contribution in [3.63, 3.8) is 0 Å². The molecular weight excluding hydrogens is 368 g/mol. The third-order valence-corrected chi connectivity index (χ3v) is 4.76. The van der Waals surface area contributed by atoms with Gasteiger partial charge in [0.25, 0.3) is 0 Å². The van der Waals surface area contributed by atoms with Crippen LogP contribution in [0.2, 0.25) is 5.02 Å². The fourth-order valence-corrected chi connectivity index (χ4v) is 3.08. The molecule has 0 spiro atoms. The Labute approximate surface area is 164 Å². The van der Waals surface area contributed by atoms with E-state index >= 15 is 0 Å². The molecule has 3 rings (SSSR count). The van der Waals surface area contributed by atoms with Crippen molar-refractivity contribution in [1.29, 1.82) is 0 Å². The summed E-state index contributed by atoms with van der Waals surface area (Å²) in [4.78, 5) is 16.7. The van der Waals surface area contributed by atoms with Crippen LogP contribution in [-0.4, -0.2) is 66.7 Å². The number of piperazine rings is 1. The van der Waals surface area contributed by atoms with Gasteiger partial charge < -0.3 is 19.5 Å². The van der Waals surface area contributed by atoms with Gasteiger partial charge in [-0.3, -0.25) is 9.69 Å². The minimum Gasteiger partial charge on any atom is -0.492 e. The summed E-state index contributed by atoms with van der Waals surface area (Å²) in [6.07, 6.45) is 0.450. The minimum atomic E-state index is -0.0397. The Morgan fingerprint density at radius 2 is 1.85 bits per heavy atom. The summed E-state index contributed by atoms with van der Waals surface area (Å²) < 4.78 is 10.7. The number of ether oxygens (including phenoxy) is 1. The summed E-state index contributed by atoms with van der Waals surface area (Å²) in [5, 5.41) is 7.23. The standard InChI is InChI=1S/C19H25ClN4O3/c1-15-14-18(22-27-15)21-19(25)6-7-23-8-10-24(11-9-23)12-13-26-17-4-2-16(20)3-5-17/h2-5,14H,6-13H2,1H3,(H,21,22,25). The lowest BCUT2D eigenvalue weighted by Gasteiger charge is -2.34. The number of carbonyl (C=O) groups is 1. The van der Waals surface area contributed by atoms with E-state index < -0.39 is 0 Å². The molecule has 1 amide bonds. The van der Waals surface area contributed by atoms with Crippen LogP contribution in [0.5, 0.6) is 5.75 Å². The molecule has 0 saturated carbocycles. The number of halogens is 1. The van der Waals surface area contributed by atoms with Gasteiger partial charge in [0, 0.05) is 56.8 Å². The van der Waals surface area contributed by atoms with Crippen molar-refractivity contribution < 1.29 is 14.1 Å². The van der Waals surface area contributed by atoms with Crippen LogP contribution in [0, 0.1) is 6.92 Å². The normalized spacial score (nSPS) is 15.6. The Morgan fingerprint density at radius 3 is 2.48 bits per heavy atom. The van der Waals surface area contributed by atoms with Gasteiger partial charge in [0.05, 0.1) is 0 Å². The third-order valence-electron chi connectivity index (χ3n) is 4.51. The minimum absolute atomic E-state index is 0.0397. The summed E-state index contributed by atoms with van der Waals surface area (Å²) in [5.41, 5.74) is 0. The van der Waals surface area contributed by atoms with Gasteiger partial charge in [-0.2, -0.15) is 0 Å². The maximum absolute atomic E-state index is 12.0. The number of rotatable bonds is 8. The van der Waals surface area contributed by atoms with Crippen molar-refractivity contribution in [2.75, 3.05) is 51.2 Å². The van der Waals surface area contributed by atoms with E-state index in [2.05, 4.69) is 20.3 Å². The topological polar surface area (TPSA) is 70.8 Å². The molecule has 0 bridgehead atoms. The number of aromatic nitrogens is 1. The van der Waals surface area contributed by atoms with Crippen molar-refractivity contribution in [2.24, 2.45) is 0 Å². The molecule has 1 fully saturated rings. The highest BCUT2D eigenvalue weighted by atomic mass is 35.5. The number of hydrogen-bond donors (Lipinski definition) is 1. The zero-order chi connectivity index (χ0) is 19.1. The lowest BCUT2D eigenvalue weighted by atomic mass is 10.3. The molecule has 0 aliphatic carbocycles. The van der Waals surface area contributed by atoms with Crippen molar-refractivity contribution in [2.45, 2.75) is 13.3 Å². The van der Waals surface area contributed by atoms with Gasteiger partial charge in [-0.05, 0) is 31.2 Å². The molecule has 1 aliphatic rings. The zero-order valence-electron chi connectivity index (χ0n) is 15.5. The van der Waals surface area contributed by atoms with E-state index in [0.29, 0.717) is 29.6 Å². The Bertz CT molecular complexity index is 727. The Hall–Kier alpha value is -2.09. The number of benzene rings is 1. The van der Waals surface area contributed by atoms with Gasteiger partial charge in [0.2, 0.25) is 5.91 Å². The Morgan fingerprint density at radius 1 is 1.19 bits per heavy atom. The molecule has 2 aromatic rings. The van der Waals surface area contributed by atoms with Crippen molar-refractivity contribution in [3.05, 3.63) is 41.1 Å². The molecule has 0 atom stereocenters.